The van der Waals surface area contributed by atoms with Crippen molar-refractivity contribution >= 4 is 5.91 Å². The van der Waals surface area contributed by atoms with E-state index in [-0.39, 0.29) is 24.2 Å². The van der Waals surface area contributed by atoms with Crippen LogP contribution in [-0.4, -0.2) is 18.1 Å². The highest BCUT2D eigenvalue weighted by Crippen LogP contribution is 2.39. The summed E-state index contributed by atoms with van der Waals surface area (Å²) in [5, 5.41) is 3.08. The molecule has 1 N–H and O–H groups in total. The molecule has 2 aromatic carbocycles. The second-order valence-corrected chi connectivity index (χ2v) is 7.26. The second-order valence-electron chi connectivity index (χ2n) is 7.26. The Morgan fingerprint density at radius 3 is 2.72 bits per heavy atom. The van der Waals surface area contributed by atoms with E-state index in [1.54, 1.807) is 0 Å². The predicted octanol–water partition coefficient (Wildman–Crippen LogP) is 4.10. The molecular weight excluding hydrogens is 314 g/mol. The van der Waals surface area contributed by atoms with Gasteiger partial charge in [-0.2, -0.15) is 0 Å². The van der Waals surface area contributed by atoms with E-state index in [9.17, 15) is 4.79 Å². The van der Waals surface area contributed by atoms with Gasteiger partial charge >= 0.3 is 0 Å². The molecule has 0 unspecified atom stereocenters. The van der Waals surface area contributed by atoms with Crippen LogP contribution in [0, 0.1) is 13.8 Å². The summed E-state index contributed by atoms with van der Waals surface area (Å²) in [6.45, 7) is 8.16. The number of rotatable bonds is 4. The van der Waals surface area contributed by atoms with Crippen LogP contribution in [0.1, 0.15) is 43.0 Å². The molecule has 25 heavy (non-hydrogen) atoms. The van der Waals surface area contributed by atoms with Gasteiger partial charge in [0.15, 0.2) is 6.61 Å². The molecule has 2 aromatic rings. The van der Waals surface area contributed by atoms with E-state index >= 15 is 0 Å². The Hall–Kier alpha value is -2.49. The first-order valence-electron chi connectivity index (χ1n) is 8.61. The van der Waals surface area contributed by atoms with Crippen LogP contribution in [0.2, 0.25) is 0 Å². The number of nitrogens with one attached hydrogen (secondary N) is 1. The lowest BCUT2D eigenvalue weighted by Crippen LogP contribution is -2.42. The van der Waals surface area contributed by atoms with Gasteiger partial charge in [0.25, 0.3) is 5.91 Å². The lowest BCUT2D eigenvalue weighted by molar-refractivity contribution is -0.124. The lowest BCUT2D eigenvalue weighted by Gasteiger charge is -2.37. The molecule has 132 valence electrons. The van der Waals surface area contributed by atoms with Crippen LogP contribution in [-0.2, 0) is 4.79 Å². The Kier molecular flexibility index (Phi) is 4.71. The van der Waals surface area contributed by atoms with E-state index in [1.807, 2.05) is 63.2 Å². The molecule has 0 saturated carbocycles. The number of benzene rings is 2. The maximum absolute atomic E-state index is 12.4. The van der Waals surface area contributed by atoms with Crippen molar-refractivity contribution in [3.05, 3.63) is 59.2 Å². The fourth-order valence-electron chi connectivity index (χ4n) is 3.12. The van der Waals surface area contributed by atoms with Crippen molar-refractivity contribution in [3.63, 3.8) is 0 Å². The standard InChI is InChI=1S/C21H25NO3/c1-14-9-10-16(11-15(14)2)24-13-20(23)22-18-12-21(3,4)25-19-8-6-5-7-17(18)19/h5-11,18H,12-13H2,1-4H3,(H,22,23)/t18-/m1/s1. The van der Waals surface area contributed by atoms with Gasteiger partial charge in [-0.1, -0.05) is 24.3 Å². The summed E-state index contributed by atoms with van der Waals surface area (Å²) in [6.07, 6.45) is 0.722. The molecule has 0 fully saturated rings. The van der Waals surface area contributed by atoms with E-state index in [0.717, 1.165) is 23.3 Å². The number of hydrogen-bond acceptors (Lipinski definition) is 3. The molecule has 1 aliphatic heterocycles. The second kappa shape index (κ2) is 6.79. The van der Waals surface area contributed by atoms with Gasteiger partial charge in [0.05, 0.1) is 6.04 Å². The molecule has 1 heterocycles. The van der Waals surface area contributed by atoms with Gasteiger partial charge in [0, 0.05) is 12.0 Å². The summed E-state index contributed by atoms with van der Waals surface area (Å²) in [5.41, 5.74) is 3.05. The average Bonchev–Trinajstić information content (AvgIpc) is 2.55. The van der Waals surface area contributed by atoms with Gasteiger partial charge in [-0.3, -0.25) is 4.79 Å². The van der Waals surface area contributed by atoms with Gasteiger partial charge in [-0.05, 0) is 57.0 Å². The number of amides is 1. The minimum Gasteiger partial charge on any atom is -0.487 e. The normalized spacial score (nSPS) is 18.0. The molecule has 1 amide bonds. The fourth-order valence-corrected chi connectivity index (χ4v) is 3.12. The number of hydrogen-bond donors (Lipinski definition) is 1. The van der Waals surface area contributed by atoms with Crippen molar-refractivity contribution in [1.29, 1.82) is 0 Å². The minimum atomic E-state index is -0.318. The highest BCUT2D eigenvalue weighted by molar-refractivity contribution is 5.78. The van der Waals surface area contributed by atoms with Gasteiger partial charge in [0.2, 0.25) is 0 Å². The molecule has 0 spiro atoms. The van der Waals surface area contributed by atoms with Crippen LogP contribution >= 0.6 is 0 Å². The van der Waals surface area contributed by atoms with Crippen molar-refractivity contribution in [2.24, 2.45) is 0 Å². The van der Waals surface area contributed by atoms with Crippen molar-refractivity contribution < 1.29 is 14.3 Å². The van der Waals surface area contributed by atoms with Crippen LogP contribution in [0.15, 0.2) is 42.5 Å². The van der Waals surface area contributed by atoms with Crippen molar-refractivity contribution in [3.8, 4) is 11.5 Å². The smallest absolute Gasteiger partial charge is 0.258 e. The van der Waals surface area contributed by atoms with Gasteiger partial charge in [-0.15, -0.1) is 0 Å². The number of carbonyl (C=O) groups excluding carboxylic acids is 1. The summed E-state index contributed by atoms with van der Waals surface area (Å²) < 4.78 is 11.6. The highest BCUT2D eigenvalue weighted by atomic mass is 16.5. The zero-order valence-electron chi connectivity index (χ0n) is 15.3. The molecule has 0 aliphatic carbocycles. The van der Waals surface area contributed by atoms with Crippen LogP contribution < -0.4 is 14.8 Å². The van der Waals surface area contributed by atoms with Crippen LogP contribution in [0.4, 0.5) is 0 Å². The monoisotopic (exact) mass is 339 g/mol. The predicted molar refractivity (Wildman–Crippen MR) is 98.1 cm³/mol. The Morgan fingerprint density at radius 1 is 1.20 bits per heavy atom. The summed E-state index contributed by atoms with van der Waals surface area (Å²) in [5.74, 6) is 1.42. The third-order valence-electron chi connectivity index (χ3n) is 4.56. The van der Waals surface area contributed by atoms with Gasteiger partial charge < -0.3 is 14.8 Å². The Morgan fingerprint density at radius 2 is 1.96 bits per heavy atom. The quantitative estimate of drug-likeness (QED) is 0.912. The van der Waals surface area contributed by atoms with Crippen LogP contribution in [0.25, 0.3) is 0 Å². The van der Waals surface area contributed by atoms with Crippen molar-refractivity contribution in [2.75, 3.05) is 6.61 Å². The number of carbonyl (C=O) groups is 1. The van der Waals surface area contributed by atoms with Crippen molar-refractivity contribution in [2.45, 2.75) is 45.8 Å². The van der Waals surface area contributed by atoms with Crippen LogP contribution in [0.3, 0.4) is 0 Å². The molecule has 4 nitrogen and oxygen atoms in total. The molecule has 0 aromatic heterocycles. The molecule has 4 heteroatoms. The Labute approximate surface area is 149 Å². The van der Waals surface area contributed by atoms with Crippen molar-refractivity contribution in [1.82, 2.24) is 5.32 Å². The van der Waals surface area contributed by atoms with E-state index < -0.39 is 0 Å². The average molecular weight is 339 g/mol. The topological polar surface area (TPSA) is 47.6 Å². The molecular formula is C21H25NO3. The minimum absolute atomic E-state index is 0.00243. The maximum Gasteiger partial charge on any atom is 0.258 e. The van der Waals surface area contributed by atoms with E-state index in [2.05, 4.69) is 12.2 Å². The molecule has 1 atom stereocenters. The number of ether oxygens (including phenoxy) is 2. The Bertz CT molecular complexity index is 782. The molecule has 0 saturated heterocycles. The zero-order chi connectivity index (χ0) is 18.0. The zero-order valence-corrected chi connectivity index (χ0v) is 15.3. The Balaban J connectivity index is 1.65. The van der Waals surface area contributed by atoms with Crippen LogP contribution in [0.5, 0.6) is 11.5 Å². The number of fused-ring (bicyclic) bond motifs is 1. The summed E-state index contributed by atoms with van der Waals surface area (Å²) >= 11 is 0. The summed E-state index contributed by atoms with van der Waals surface area (Å²) in [7, 11) is 0. The molecule has 3 rings (SSSR count). The summed E-state index contributed by atoms with van der Waals surface area (Å²) in [6, 6.07) is 13.6. The largest absolute Gasteiger partial charge is 0.487 e. The third-order valence-corrected chi connectivity index (χ3v) is 4.56. The van der Waals surface area contributed by atoms with E-state index in [1.165, 1.54) is 5.56 Å². The highest BCUT2D eigenvalue weighted by Gasteiger charge is 2.34. The van der Waals surface area contributed by atoms with Gasteiger partial charge in [0.1, 0.15) is 17.1 Å². The molecule has 1 aliphatic rings. The fraction of sp³-hybridized carbons (Fsp3) is 0.381. The first-order valence-corrected chi connectivity index (χ1v) is 8.61. The van der Waals surface area contributed by atoms with E-state index in [0.29, 0.717) is 5.75 Å². The number of aryl methyl sites for hydroxylation is 2. The maximum atomic E-state index is 12.4. The SMILES string of the molecule is Cc1ccc(OCC(=O)N[C@@H]2CC(C)(C)Oc3ccccc32)cc1C. The molecule has 0 bridgehead atoms. The number of para-hydroxylation sites is 1. The third kappa shape index (κ3) is 4.13. The van der Waals surface area contributed by atoms with E-state index in [4.69, 9.17) is 9.47 Å². The first kappa shape index (κ1) is 17.3. The molecule has 0 radical (unpaired) electrons. The van der Waals surface area contributed by atoms with Gasteiger partial charge in [-0.25, -0.2) is 0 Å². The lowest BCUT2D eigenvalue weighted by atomic mass is 9.90. The first-order chi connectivity index (χ1) is 11.8. The summed E-state index contributed by atoms with van der Waals surface area (Å²) in [4.78, 5) is 12.4.